The fourth-order valence-corrected chi connectivity index (χ4v) is 17.2. The van der Waals surface area contributed by atoms with Crippen LogP contribution in [0.5, 0.6) is 0 Å². The van der Waals surface area contributed by atoms with Gasteiger partial charge < -0.3 is 22.0 Å². The summed E-state index contributed by atoms with van der Waals surface area (Å²) < 4.78 is 25.6. The minimum Gasteiger partial charge on any atom is -0.455 e. The Morgan fingerprint density at radius 1 is 1.00 bits per heavy atom. The van der Waals surface area contributed by atoms with E-state index in [1.165, 1.54) is 0 Å². The molecule has 0 N–H and O–H groups in total. The van der Waals surface area contributed by atoms with Crippen LogP contribution in [0, 0.1) is 0 Å². The van der Waals surface area contributed by atoms with Gasteiger partial charge in [0.25, 0.3) is 0 Å². The number of esters is 1. The second-order valence-electron chi connectivity index (χ2n) is 11.2. The molecule has 1 unspecified atom stereocenters. The van der Waals surface area contributed by atoms with Gasteiger partial charge in [0, 0.05) is 18.5 Å². The lowest BCUT2D eigenvalue weighted by Gasteiger charge is -2.45. The second kappa shape index (κ2) is 12.7. The summed E-state index contributed by atoms with van der Waals surface area (Å²) in [5, 5.41) is 0. The number of hydrogen-bond donors (Lipinski definition) is 0. The highest BCUT2D eigenvalue weighted by atomic mass is 28.5. The Balaban J connectivity index is 0.00000106. The van der Waals surface area contributed by atoms with Crippen molar-refractivity contribution in [2.75, 3.05) is 6.54 Å². The topological polar surface area (TPSA) is 74.3 Å². The average Bonchev–Trinajstić information content (AvgIpc) is 3.00. The molecule has 33 heavy (non-hydrogen) atoms. The first-order valence-electron chi connectivity index (χ1n) is 11.6. The fourth-order valence-electron chi connectivity index (χ4n) is 3.04. The van der Waals surface area contributed by atoms with Gasteiger partial charge in [0.15, 0.2) is 30.7 Å². The minimum atomic E-state index is -3.24. The van der Waals surface area contributed by atoms with E-state index in [0.29, 0.717) is 18.4 Å². The summed E-state index contributed by atoms with van der Waals surface area (Å²) in [6.07, 6.45) is 3.87. The van der Waals surface area contributed by atoms with Gasteiger partial charge in [-0.05, 0) is 84.9 Å². The molecule has 1 aliphatic rings. The molecule has 192 valence electrons. The molecule has 0 aromatic heterocycles. The van der Waals surface area contributed by atoms with Crippen LogP contribution in [0.3, 0.4) is 0 Å². The Kier molecular flexibility index (Phi) is 12.4. The van der Waals surface area contributed by atoms with Gasteiger partial charge in [-0.15, -0.1) is 0 Å². The van der Waals surface area contributed by atoms with Crippen molar-refractivity contribution in [3.05, 3.63) is 24.9 Å². The number of carbonyl (C=O) groups is 2. The van der Waals surface area contributed by atoms with Crippen molar-refractivity contribution in [2.24, 2.45) is 0 Å². The van der Waals surface area contributed by atoms with Gasteiger partial charge in [0.1, 0.15) is 0 Å². The van der Waals surface area contributed by atoms with Crippen molar-refractivity contribution in [2.45, 2.75) is 97.8 Å². The zero-order valence-electron chi connectivity index (χ0n) is 22.8. The number of rotatable bonds is 11. The SMILES string of the molecule is C=C(C)C(=O)OC(CC)[Si](O[Si](C)(C)C)(O[Si](C)(C)C)O[Si](C)(C)C.C=CN1CCCC1=O. The number of nitrogens with zero attached hydrogens (tertiary/aromatic N) is 1. The van der Waals surface area contributed by atoms with E-state index in [1.54, 1.807) is 18.0 Å². The Hall–Kier alpha value is -0.832. The lowest BCUT2D eigenvalue weighted by molar-refractivity contribution is -0.143. The van der Waals surface area contributed by atoms with E-state index in [4.69, 9.17) is 17.1 Å². The van der Waals surface area contributed by atoms with Gasteiger partial charge in [0.2, 0.25) is 5.91 Å². The molecule has 1 rings (SSSR count). The molecular formula is C22H47NO6Si4. The normalized spacial score (nSPS) is 16.1. The zero-order valence-corrected chi connectivity index (χ0v) is 26.8. The van der Waals surface area contributed by atoms with Crippen LogP contribution in [0.2, 0.25) is 58.9 Å². The summed E-state index contributed by atoms with van der Waals surface area (Å²) in [5.41, 5.74) is -0.141. The number of ether oxygens (including phenoxy) is 1. The van der Waals surface area contributed by atoms with Crippen LogP contribution < -0.4 is 0 Å². The predicted octanol–water partition coefficient (Wildman–Crippen LogP) is 5.67. The monoisotopic (exact) mass is 533 g/mol. The molecule has 0 aliphatic carbocycles. The average molecular weight is 534 g/mol. The first-order chi connectivity index (χ1) is 14.7. The Labute approximate surface area is 206 Å². The third kappa shape index (κ3) is 13.0. The molecule has 1 aliphatic heterocycles. The first-order valence-corrected chi connectivity index (χ1v) is 23.7. The van der Waals surface area contributed by atoms with Gasteiger partial charge in [0.05, 0.1) is 0 Å². The van der Waals surface area contributed by atoms with Crippen molar-refractivity contribution in [3.63, 3.8) is 0 Å². The molecular weight excluding hydrogens is 487 g/mol. The highest BCUT2D eigenvalue weighted by Crippen LogP contribution is 2.31. The number of carbonyl (C=O) groups excluding carboxylic acids is 2. The molecule has 1 atom stereocenters. The molecule has 0 aromatic carbocycles. The molecule has 0 aromatic rings. The minimum absolute atomic E-state index is 0.208. The molecule has 0 spiro atoms. The zero-order chi connectivity index (χ0) is 26.3. The molecule has 0 saturated carbocycles. The van der Waals surface area contributed by atoms with Gasteiger partial charge >= 0.3 is 14.8 Å². The highest BCUT2D eigenvalue weighted by Gasteiger charge is 2.57. The Bertz CT molecular complexity index is 654. The molecule has 0 bridgehead atoms. The molecule has 7 nitrogen and oxygen atoms in total. The van der Waals surface area contributed by atoms with Crippen LogP contribution in [0.1, 0.15) is 33.1 Å². The van der Waals surface area contributed by atoms with Crippen LogP contribution in [0.4, 0.5) is 0 Å². The van der Waals surface area contributed by atoms with E-state index < -0.39 is 45.5 Å². The summed E-state index contributed by atoms with van der Waals surface area (Å²) in [4.78, 5) is 24.5. The summed E-state index contributed by atoms with van der Waals surface area (Å²) in [6, 6.07) is 0. The summed E-state index contributed by atoms with van der Waals surface area (Å²) >= 11 is 0. The Morgan fingerprint density at radius 3 is 1.64 bits per heavy atom. The van der Waals surface area contributed by atoms with Crippen molar-refractivity contribution < 1.29 is 26.7 Å². The van der Waals surface area contributed by atoms with Crippen LogP contribution in [0.25, 0.3) is 0 Å². The van der Waals surface area contributed by atoms with E-state index >= 15 is 0 Å². The maximum absolute atomic E-state index is 12.2. The van der Waals surface area contributed by atoms with E-state index in [2.05, 4.69) is 72.1 Å². The van der Waals surface area contributed by atoms with Crippen LogP contribution in [-0.4, -0.2) is 62.8 Å². The van der Waals surface area contributed by atoms with E-state index in [-0.39, 0.29) is 5.91 Å². The third-order valence-electron chi connectivity index (χ3n) is 4.04. The largest absolute Gasteiger partial charge is 0.512 e. The summed E-state index contributed by atoms with van der Waals surface area (Å²) in [6.45, 7) is 30.7. The maximum Gasteiger partial charge on any atom is 0.512 e. The number of hydrogen-bond acceptors (Lipinski definition) is 6. The predicted molar refractivity (Wildman–Crippen MR) is 145 cm³/mol. The fraction of sp³-hybridized carbons (Fsp3) is 0.727. The lowest BCUT2D eigenvalue weighted by Crippen LogP contribution is -2.67. The van der Waals surface area contributed by atoms with Crippen molar-refractivity contribution >= 4 is 45.6 Å². The van der Waals surface area contributed by atoms with Crippen molar-refractivity contribution in [3.8, 4) is 0 Å². The highest BCUT2D eigenvalue weighted by molar-refractivity contribution is 6.90. The van der Waals surface area contributed by atoms with Gasteiger partial charge in [-0.2, -0.15) is 0 Å². The van der Waals surface area contributed by atoms with Gasteiger partial charge in [-0.25, -0.2) is 4.79 Å². The number of amides is 1. The van der Waals surface area contributed by atoms with Crippen LogP contribution in [-0.2, 0) is 26.7 Å². The van der Waals surface area contributed by atoms with E-state index in [0.717, 1.165) is 13.0 Å². The van der Waals surface area contributed by atoms with Crippen molar-refractivity contribution in [1.29, 1.82) is 0 Å². The second-order valence-corrected chi connectivity index (χ2v) is 28.2. The standard InChI is InChI=1S/C16H38O5Si4.C6H9NO/c1-13-15(18-16(17)14(2)3)25(19-22(4,5)6,20-23(7,8)9)21-24(10,11)12;1-2-7-5-3-4-6(7)8/h15H,2,13H2,1,3-12H3;2H,1,3-5H2. The van der Waals surface area contributed by atoms with Gasteiger partial charge in [-0.3, -0.25) is 4.79 Å². The maximum atomic E-state index is 12.2. The quantitative estimate of drug-likeness (QED) is 0.193. The number of likely N-dealkylation sites (tertiary alicyclic amines) is 1. The third-order valence-corrected chi connectivity index (χ3v) is 16.1. The molecule has 11 heteroatoms. The van der Waals surface area contributed by atoms with Crippen LogP contribution in [0.15, 0.2) is 24.9 Å². The van der Waals surface area contributed by atoms with E-state index in [1.807, 2.05) is 6.92 Å². The van der Waals surface area contributed by atoms with Crippen molar-refractivity contribution in [1.82, 2.24) is 4.90 Å². The first kappa shape index (κ1) is 32.2. The summed E-state index contributed by atoms with van der Waals surface area (Å²) in [5.74, 6) is -0.207. The molecule has 0 radical (unpaired) electrons. The Morgan fingerprint density at radius 2 is 1.42 bits per heavy atom. The smallest absolute Gasteiger partial charge is 0.455 e. The lowest BCUT2D eigenvalue weighted by atomic mass is 10.4. The van der Waals surface area contributed by atoms with Crippen LogP contribution >= 0.6 is 0 Å². The summed E-state index contributed by atoms with van der Waals surface area (Å²) in [7, 11) is -9.26. The molecule has 1 fully saturated rings. The van der Waals surface area contributed by atoms with Gasteiger partial charge in [-0.1, -0.05) is 20.1 Å². The molecule has 1 saturated heterocycles. The van der Waals surface area contributed by atoms with E-state index in [9.17, 15) is 9.59 Å². The molecule has 1 heterocycles. The molecule has 1 amide bonds.